The summed E-state index contributed by atoms with van der Waals surface area (Å²) in [4.78, 5) is 55.4. The fourth-order valence-corrected chi connectivity index (χ4v) is 2.58. The first-order valence-corrected chi connectivity index (χ1v) is 10.7. The van der Waals surface area contributed by atoms with Crippen LogP contribution >= 0.6 is 0 Å². The van der Waals surface area contributed by atoms with Crippen LogP contribution in [-0.2, 0) is 25.6 Å². The number of nitrogens with two attached hydrogens (primary N) is 1. The number of nitrogen functional groups attached to an aromatic ring is 1. The van der Waals surface area contributed by atoms with Crippen molar-refractivity contribution in [2.75, 3.05) is 0 Å². The van der Waals surface area contributed by atoms with E-state index in [1.54, 1.807) is 0 Å². The molecule has 7 N–H and O–H groups in total. The fourth-order valence-electron chi connectivity index (χ4n) is 2.58. The number of rotatable bonds is 11. The average molecular weight is 559 g/mol. The van der Waals surface area contributed by atoms with Gasteiger partial charge in [-0.25, -0.2) is 18.8 Å². The molecule has 2 rings (SSSR count). The maximum Gasteiger partial charge on any atom is 0.379 e. The van der Waals surface area contributed by atoms with E-state index in [0.29, 0.717) is 6.92 Å². The molecule has 0 aliphatic rings. The minimum atomic E-state index is -3.58. The maximum absolute atomic E-state index is 14.0. The molecule has 0 saturated heterocycles. The Kier molecular flexibility index (Phi) is 11.2. The molecule has 1 unspecified atom stereocenters. The highest BCUT2D eigenvalue weighted by atomic mass is 19.3. The molecule has 1 aromatic heterocycles. The lowest BCUT2D eigenvalue weighted by atomic mass is 10.0. The van der Waals surface area contributed by atoms with E-state index in [4.69, 9.17) is 35.6 Å². The fraction of sp³-hybridized carbons (Fsp3) is 0.304. The summed E-state index contributed by atoms with van der Waals surface area (Å²) in [6.45, 7) is 1.79. The number of carbonyl (C=O) groups excluding carboxylic acids is 2. The Bertz CT molecular complexity index is 1260. The Morgan fingerprint density at radius 2 is 1.72 bits per heavy atom. The zero-order valence-corrected chi connectivity index (χ0v) is 20.4. The van der Waals surface area contributed by atoms with Gasteiger partial charge in [-0.1, -0.05) is 6.92 Å². The topological polar surface area (TPSA) is 230 Å². The van der Waals surface area contributed by atoms with Crippen molar-refractivity contribution < 1.29 is 61.6 Å². The number of aliphatic carboxylic acids is 3. The SMILES string of the molecule is CC(Cc1ccc(C(=O)Oc2ccc(C(=N)N)cc2F)o1)C(=O)N[C@H](CC(=O)O)C(=O)O.CC(F)(F)C(=O)O. The molecule has 2 atom stereocenters. The number of amides is 1. The number of esters is 1. The molecule has 0 aliphatic heterocycles. The van der Waals surface area contributed by atoms with Crippen molar-refractivity contribution in [2.45, 2.75) is 38.7 Å². The third-order valence-electron chi connectivity index (χ3n) is 4.63. The Balaban J connectivity index is 0.000000956. The minimum Gasteiger partial charge on any atom is -0.481 e. The lowest BCUT2D eigenvalue weighted by molar-refractivity contribution is -0.162. The van der Waals surface area contributed by atoms with E-state index in [-0.39, 0.29) is 29.3 Å². The highest BCUT2D eigenvalue weighted by Gasteiger charge is 2.31. The first kappa shape index (κ1) is 32.1. The summed E-state index contributed by atoms with van der Waals surface area (Å²) >= 11 is 0. The Hall–Kier alpha value is -4.89. The van der Waals surface area contributed by atoms with Gasteiger partial charge in [0.25, 0.3) is 0 Å². The molecule has 0 aliphatic carbocycles. The monoisotopic (exact) mass is 559 g/mol. The average Bonchev–Trinajstić information content (AvgIpc) is 3.27. The first-order valence-electron chi connectivity index (χ1n) is 10.7. The molecule has 1 amide bonds. The predicted molar refractivity (Wildman–Crippen MR) is 124 cm³/mol. The van der Waals surface area contributed by atoms with Crippen molar-refractivity contribution in [3.8, 4) is 5.75 Å². The molecule has 0 spiro atoms. The Labute approximate surface area is 217 Å². The molecule has 1 heterocycles. The van der Waals surface area contributed by atoms with Gasteiger partial charge >= 0.3 is 29.8 Å². The van der Waals surface area contributed by atoms with Gasteiger partial charge in [-0.05, 0) is 30.3 Å². The number of furan rings is 1. The van der Waals surface area contributed by atoms with Crippen LogP contribution in [0.4, 0.5) is 13.2 Å². The molecule has 2 aromatic rings. The molecule has 16 heteroatoms. The van der Waals surface area contributed by atoms with Crippen LogP contribution < -0.4 is 15.8 Å². The van der Waals surface area contributed by atoms with Crippen LogP contribution in [0.3, 0.4) is 0 Å². The minimum absolute atomic E-state index is 0.0276. The van der Waals surface area contributed by atoms with Gasteiger partial charge in [0.1, 0.15) is 17.6 Å². The molecule has 1 aromatic carbocycles. The van der Waals surface area contributed by atoms with Crippen LogP contribution in [0.15, 0.2) is 34.7 Å². The second kappa shape index (κ2) is 13.6. The standard InChI is InChI=1S/C20H20FN3O8.C3H4F2O2/c1-9(18(27)24-13(19(28)29)8-16(25)26)6-11-3-5-15(31-11)20(30)32-14-4-2-10(17(22)23)7-12(14)21;1-3(4,5)2(6)7/h2-5,7,9,13H,6,8H2,1H3,(H3,22,23)(H,24,27)(H,25,26)(H,28,29);1H3,(H,6,7)/t9?,13-;/m1./s1. The summed E-state index contributed by atoms with van der Waals surface area (Å²) in [5, 5.41) is 34.6. The number of hydrogen-bond acceptors (Lipinski definition) is 8. The number of halogens is 3. The van der Waals surface area contributed by atoms with E-state index >= 15 is 0 Å². The van der Waals surface area contributed by atoms with Gasteiger partial charge in [0.05, 0.1) is 6.42 Å². The van der Waals surface area contributed by atoms with Gasteiger partial charge in [0, 0.05) is 24.8 Å². The number of nitrogens with one attached hydrogen (secondary N) is 2. The highest BCUT2D eigenvalue weighted by molar-refractivity contribution is 5.95. The lowest BCUT2D eigenvalue weighted by Gasteiger charge is -2.15. The van der Waals surface area contributed by atoms with Crippen molar-refractivity contribution >= 4 is 35.6 Å². The zero-order chi connectivity index (χ0) is 30.1. The van der Waals surface area contributed by atoms with E-state index in [1.165, 1.54) is 25.1 Å². The normalized spacial score (nSPS) is 12.2. The molecular formula is C23H24F3N3O10. The number of carbonyl (C=O) groups is 5. The summed E-state index contributed by atoms with van der Waals surface area (Å²) < 4.78 is 46.7. The Morgan fingerprint density at radius 1 is 1.13 bits per heavy atom. The highest BCUT2D eigenvalue weighted by Crippen LogP contribution is 2.21. The van der Waals surface area contributed by atoms with Crippen LogP contribution in [0.2, 0.25) is 0 Å². The number of carboxylic acids is 3. The van der Waals surface area contributed by atoms with Gasteiger partial charge in [-0.15, -0.1) is 0 Å². The summed E-state index contributed by atoms with van der Waals surface area (Å²) in [5.41, 5.74) is 5.38. The van der Waals surface area contributed by atoms with Crippen LogP contribution in [0.25, 0.3) is 0 Å². The first-order chi connectivity index (χ1) is 17.9. The summed E-state index contributed by atoms with van der Waals surface area (Å²) in [7, 11) is 0. The van der Waals surface area contributed by atoms with E-state index in [0.717, 1.165) is 12.1 Å². The number of ether oxygens (including phenoxy) is 1. The third-order valence-corrected chi connectivity index (χ3v) is 4.63. The molecule has 0 fully saturated rings. The summed E-state index contributed by atoms with van der Waals surface area (Å²) in [6.07, 6.45) is -0.811. The second-order valence-electron chi connectivity index (χ2n) is 8.01. The predicted octanol–water partition coefficient (Wildman–Crippen LogP) is 1.87. The summed E-state index contributed by atoms with van der Waals surface area (Å²) in [6, 6.07) is 4.44. The van der Waals surface area contributed by atoms with Gasteiger partial charge in [0.2, 0.25) is 11.7 Å². The lowest BCUT2D eigenvalue weighted by Crippen LogP contribution is -2.44. The largest absolute Gasteiger partial charge is 0.481 e. The molecular weight excluding hydrogens is 535 g/mol. The van der Waals surface area contributed by atoms with Crippen molar-refractivity contribution in [2.24, 2.45) is 11.7 Å². The van der Waals surface area contributed by atoms with Crippen molar-refractivity contribution in [3.63, 3.8) is 0 Å². The smallest absolute Gasteiger partial charge is 0.379 e. The van der Waals surface area contributed by atoms with Crippen molar-refractivity contribution in [3.05, 3.63) is 53.2 Å². The van der Waals surface area contributed by atoms with Crippen LogP contribution in [0.5, 0.6) is 5.75 Å². The van der Waals surface area contributed by atoms with Gasteiger partial charge in [0.15, 0.2) is 11.6 Å². The molecule has 13 nitrogen and oxygen atoms in total. The molecule has 39 heavy (non-hydrogen) atoms. The summed E-state index contributed by atoms with van der Waals surface area (Å²) in [5.74, 6) is -12.8. The van der Waals surface area contributed by atoms with E-state index in [2.05, 4.69) is 5.32 Å². The third kappa shape index (κ3) is 10.6. The van der Waals surface area contributed by atoms with Crippen LogP contribution in [0.1, 0.15) is 42.1 Å². The van der Waals surface area contributed by atoms with Crippen LogP contribution in [0, 0.1) is 17.1 Å². The zero-order valence-electron chi connectivity index (χ0n) is 20.4. The van der Waals surface area contributed by atoms with Gasteiger partial charge < -0.3 is 35.5 Å². The number of alkyl halides is 2. The number of benzene rings is 1. The quantitative estimate of drug-likeness (QED) is 0.101. The number of carboxylic acid groups (broad SMARTS) is 3. The number of amidine groups is 1. The van der Waals surface area contributed by atoms with Crippen molar-refractivity contribution in [1.82, 2.24) is 5.32 Å². The molecule has 212 valence electrons. The Morgan fingerprint density at radius 3 is 2.18 bits per heavy atom. The molecule has 0 radical (unpaired) electrons. The van der Waals surface area contributed by atoms with Crippen LogP contribution in [-0.4, -0.2) is 62.9 Å². The van der Waals surface area contributed by atoms with E-state index in [1.807, 2.05) is 0 Å². The molecule has 0 saturated carbocycles. The van der Waals surface area contributed by atoms with Crippen molar-refractivity contribution in [1.29, 1.82) is 5.41 Å². The van der Waals surface area contributed by atoms with E-state index in [9.17, 15) is 37.1 Å². The number of hydrogen-bond donors (Lipinski definition) is 6. The maximum atomic E-state index is 14.0. The van der Waals surface area contributed by atoms with Gasteiger partial charge in [-0.2, -0.15) is 8.78 Å². The van der Waals surface area contributed by atoms with Gasteiger partial charge in [-0.3, -0.25) is 15.0 Å². The van der Waals surface area contributed by atoms with E-state index < -0.39 is 65.7 Å². The second-order valence-corrected chi connectivity index (χ2v) is 8.01. The molecule has 0 bridgehead atoms.